The first kappa shape index (κ1) is 18.8. The summed E-state index contributed by atoms with van der Waals surface area (Å²) < 4.78 is 5.24. The van der Waals surface area contributed by atoms with Gasteiger partial charge in [-0.2, -0.15) is 0 Å². The molecule has 0 spiro atoms. The van der Waals surface area contributed by atoms with Crippen molar-refractivity contribution >= 4 is 18.0 Å². The Balaban J connectivity index is 2.41. The second kappa shape index (κ2) is 6.38. The number of aliphatic carboxylic acids is 2. The van der Waals surface area contributed by atoms with Gasteiger partial charge in [-0.1, -0.05) is 24.3 Å². The lowest BCUT2D eigenvalue weighted by atomic mass is 9.72. The summed E-state index contributed by atoms with van der Waals surface area (Å²) in [6.07, 6.45) is -0.357. The van der Waals surface area contributed by atoms with Gasteiger partial charge in [0.05, 0.1) is 0 Å². The number of carbonyl (C=O) groups excluding carboxylic acids is 1. The first-order valence-corrected chi connectivity index (χ1v) is 8.01. The van der Waals surface area contributed by atoms with Gasteiger partial charge in [-0.15, -0.1) is 0 Å². The molecule has 0 radical (unpaired) electrons. The van der Waals surface area contributed by atoms with Crippen LogP contribution in [0.1, 0.15) is 44.7 Å². The van der Waals surface area contributed by atoms with Crippen LogP contribution in [-0.2, 0) is 20.7 Å². The van der Waals surface area contributed by atoms with E-state index in [1.807, 2.05) is 6.07 Å². The molecule has 1 aromatic rings. The highest BCUT2D eigenvalue weighted by Crippen LogP contribution is 2.46. The van der Waals surface area contributed by atoms with Gasteiger partial charge in [-0.25, -0.2) is 4.79 Å². The molecule has 7 heteroatoms. The Bertz CT molecular complexity index is 692. The van der Waals surface area contributed by atoms with Gasteiger partial charge in [-0.3, -0.25) is 9.59 Å². The Kier molecular flexibility index (Phi) is 4.79. The Morgan fingerprint density at radius 1 is 1.08 bits per heavy atom. The lowest BCUT2D eigenvalue weighted by molar-refractivity contribution is -0.165. The molecule has 1 amide bonds. The molecule has 0 bridgehead atoms. The van der Waals surface area contributed by atoms with Crippen molar-refractivity contribution in [2.24, 2.45) is 5.41 Å². The van der Waals surface area contributed by atoms with Gasteiger partial charge >= 0.3 is 18.0 Å². The summed E-state index contributed by atoms with van der Waals surface area (Å²) in [5.74, 6) is -3.80. The van der Waals surface area contributed by atoms with Crippen LogP contribution in [-0.4, -0.2) is 39.9 Å². The maximum Gasteiger partial charge on any atom is 0.407 e. The third kappa shape index (κ3) is 3.60. The molecule has 3 N–H and O–H groups in total. The quantitative estimate of drug-likeness (QED) is 0.720. The van der Waals surface area contributed by atoms with Crippen LogP contribution in [0.15, 0.2) is 24.3 Å². The molecule has 1 aliphatic rings. The monoisotopic (exact) mass is 349 g/mol. The number of hydrogen-bond donors (Lipinski definition) is 3. The van der Waals surface area contributed by atoms with Gasteiger partial charge in [0, 0.05) is 12.0 Å². The zero-order valence-corrected chi connectivity index (χ0v) is 14.7. The number of benzene rings is 1. The van der Waals surface area contributed by atoms with Crippen LogP contribution in [0, 0.1) is 5.41 Å². The Labute approximate surface area is 146 Å². The van der Waals surface area contributed by atoms with Gasteiger partial charge < -0.3 is 20.3 Å². The number of carboxylic acids is 2. The zero-order valence-electron chi connectivity index (χ0n) is 14.7. The van der Waals surface area contributed by atoms with E-state index >= 15 is 0 Å². The van der Waals surface area contributed by atoms with E-state index in [-0.39, 0.29) is 0 Å². The van der Waals surface area contributed by atoms with Gasteiger partial charge in [0.1, 0.15) is 5.60 Å². The van der Waals surface area contributed by atoms with E-state index in [4.69, 9.17) is 4.74 Å². The van der Waals surface area contributed by atoms with Gasteiger partial charge in [-0.05, 0) is 45.2 Å². The fourth-order valence-corrected chi connectivity index (χ4v) is 3.26. The van der Waals surface area contributed by atoms with E-state index in [0.29, 0.717) is 12.0 Å². The van der Waals surface area contributed by atoms with E-state index in [9.17, 15) is 24.6 Å². The molecular weight excluding hydrogens is 326 g/mol. The average molecular weight is 349 g/mol. The van der Waals surface area contributed by atoms with Crippen LogP contribution in [0.25, 0.3) is 0 Å². The van der Waals surface area contributed by atoms with Crippen molar-refractivity contribution in [3.05, 3.63) is 35.4 Å². The molecule has 2 atom stereocenters. The molecule has 1 aromatic carbocycles. The molecule has 0 unspecified atom stereocenters. The van der Waals surface area contributed by atoms with E-state index in [0.717, 1.165) is 5.56 Å². The first-order chi connectivity index (χ1) is 11.5. The first-order valence-electron chi connectivity index (χ1n) is 8.01. The molecule has 1 aliphatic carbocycles. The number of amides is 1. The minimum Gasteiger partial charge on any atom is -0.480 e. The Hall–Kier alpha value is -2.57. The summed E-state index contributed by atoms with van der Waals surface area (Å²) in [7, 11) is 0. The van der Waals surface area contributed by atoms with Crippen LogP contribution >= 0.6 is 0 Å². The maximum absolute atomic E-state index is 12.1. The lowest BCUT2D eigenvalue weighted by Gasteiger charge is -2.33. The smallest absolute Gasteiger partial charge is 0.407 e. The second-order valence-electron chi connectivity index (χ2n) is 7.45. The highest BCUT2D eigenvalue weighted by Gasteiger charge is 2.55. The lowest BCUT2D eigenvalue weighted by Crippen LogP contribution is -2.50. The number of carbonyl (C=O) groups is 3. The van der Waals surface area contributed by atoms with Crippen LogP contribution in [0.3, 0.4) is 0 Å². The molecule has 0 heterocycles. The van der Waals surface area contributed by atoms with Crippen molar-refractivity contribution in [2.45, 2.75) is 51.7 Å². The average Bonchev–Trinajstić information content (AvgIpc) is 2.81. The molecule has 136 valence electrons. The van der Waals surface area contributed by atoms with Crippen molar-refractivity contribution in [2.75, 3.05) is 0 Å². The number of hydrogen-bond acceptors (Lipinski definition) is 4. The van der Waals surface area contributed by atoms with Gasteiger partial charge in [0.25, 0.3) is 0 Å². The highest BCUT2D eigenvalue weighted by molar-refractivity contribution is 5.99. The number of fused-ring (bicyclic) bond motifs is 1. The molecule has 0 saturated heterocycles. The molecule has 0 aromatic heterocycles. The minimum atomic E-state index is -2.08. The van der Waals surface area contributed by atoms with Crippen molar-refractivity contribution in [1.82, 2.24) is 5.32 Å². The minimum absolute atomic E-state index is 0.343. The third-order valence-corrected chi connectivity index (χ3v) is 4.45. The summed E-state index contributed by atoms with van der Waals surface area (Å²) >= 11 is 0. The number of nitrogens with one attached hydrogen (secondary N) is 1. The van der Waals surface area contributed by atoms with Crippen molar-refractivity contribution < 1.29 is 29.3 Å². The van der Waals surface area contributed by atoms with Gasteiger partial charge in [0.15, 0.2) is 5.41 Å². The number of alkyl carbamates (subject to hydrolysis) is 1. The predicted octanol–water partition coefficient (Wildman–Crippen LogP) is 2.40. The molecule has 25 heavy (non-hydrogen) atoms. The zero-order chi connectivity index (χ0) is 19.0. The summed E-state index contributed by atoms with van der Waals surface area (Å²) in [5.41, 5.74) is -1.35. The Morgan fingerprint density at radius 2 is 1.64 bits per heavy atom. The molecule has 2 rings (SSSR count). The van der Waals surface area contributed by atoms with Crippen LogP contribution in [0.4, 0.5) is 4.79 Å². The number of rotatable bonds is 4. The van der Waals surface area contributed by atoms with Gasteiger partial charge in [0.2, 0.25) is 0 Å². The van der Waals surface area contributed by atoms with Crippen LogP contribution in [0.5, 0.6) is 0 Å². The topological polar surface area (TPSA) is 113 Å². The normalized spacial score (nSPS) is 19.8. The van der Waals surface area contributed by atoms with E-state index in [1.165, 1.54) is 6.92 Å². The predicted molar refractivity (Wildman–Crippen MR) is 89.4 cm³/mol. The summed E-state index contributed by atoms with van der Waals surface area (Å²) in [6, 6.07) is 6.35. The largest absolute Gasteiger partial charge is 0.480 e. The molecule has 0 saturated carbocycles. The maximum atomic E-state index is 12.1. The summed E-state index contributed by atoms with van der Waals surface area (Å²) in [5, 5.41) is 21.9. The van der Waals surface area contributed by atoms with E-state index in [2.05, 4.69) is 5.32 Å². The summed E-state index contributed by atoms with van der Waals surface area (Å²) in [6.45, 7) is 6.32. The van der Waals surface area contributed by atoms with Crippen LogP contribution in [0.2, 0.25) is 0 Å². The molecule has 0 aliphatic heterocycles. The summed E-state index contributed by atoms with van der Waals surface area (Å²) in [4.78, 5) is 35.7. The van der Waals surface area contributed by atoms with E-state index < -0.39 is 41.0 Å². The van der Waals surface area contributed by atoms with Crippen molar-refractivity contribution in [1.29, 1.82) is 0 Å². The highest BCUT2D eigenvalue weighted by atomic mass is 16.6. The fraction of sp³-hybridized carbons (Fsp3) is 0.500. The number of carboxylic acid groups (broad SMARTS) is 2. The van der Waals surface area contributed by atoms with Crippen molar-refractivity contribution in [3.63, 3.8) is 0 Å². The van der Waals surface area contributed by atoms with E-state index in [1.54, 1.807) is 39.0 Å². The molecule has 0 fully saturated rings. The third-order valence-electron chi connectivity index (χ3n) is 4.45. The standard InChI is InChI=1S/C18H23NO6/c1-17(2,3)25-16(24)19-12-9-10-7-5-6-8-11(10)13(12)18(4,14(20)21)15(22)23/h5-8,12-13H,9H2,1-4H3,(H,19,24)(H,20,21)(H,22,23)/t12-,13-/m1/s1. The number of ether oxygens (including phenoxy) is 1. The molecular formula is C18H23NO6. The van der Waals surface area contributed by atoms with Crippen molar-refractivity contribution in [3.8, 4) is 0 Å². The second-order valence-corrected chi connectivity index (χ2v) is 7.45. The fourth-order valence-electron chi connectivity index (χ4n) is 3.26. The molecule has 7 nitrogen and oxygen atoms in total. The SMILES string of the molecule is CC(C)(C)OC(=O)N[C@@H]1Cc2ccccc2[C@H]1C(C)(C(=O)O)C(=O)O. The van der Waals surface area contributed by atoms with Crippen LogP contribution < -0.4 is 5.32 Å². The Morgan fingerprint density at radius 3 is 2.16 bits per heavy atom.